The third kappa shape index (κ3) is 7.86. The van der Waals surface area contributed by atoms with Gasteiger partial charge < -0.3 is 10.1 Å². The predicted octanol–water partition coefficient (Wildman–Crippen LogP) is 3.08. The topological polar surface area (TPSA) is 53.9 Å². The van der Waals surface area contributed by atoms with Gasteiger partial charge in [0.1, 0.15) is 18.1 Å². The van der Waals surface area contributed by atoms with Crippen LogP contribution in [-0.4, -0.2) is 56.0 Å². The smallest absolute Gasteiger partial charge is 0.267 e. The van der Waals surface area contributed by atoms with Crippen molar-refractivity contribution in [3.8, 4) is 0 Å². The maximum absolute atomic E-state index is 13.5. The van der Waals surface area contributed by atoms with Crippen LogP contribution in [0.1, 0.15) is 19.3 Å². The molecule has 1 amide bonds. The number of carbonyl (C=O) groups is 1. The molecule has 1 unspecified atom stereocenters. The summed E-state index contributed by atoms with van der Waals surface area (Å²) in [5.41, 5.74) is 0.218. The van der Waals surface area contributed by atoms with Crippen molar-refractivity contribution in [2.24, 2.45) is 10.9 Å². The summed E-state index contributed by atoms with van der Waals surface area (Å²) < 4.78 is 31.1. The third-order valence-electron chi connectivity index (χ3n) is 4.47. The Morgan fingerprint density at radius 2 is 2.26 bits per heavy atom. The van der Waals surface area contributed by atoms with Gasteiger partial charge in [-0.3, -0.25) is 9.69 Å². The van der Waals surface area contributed by atoms with Gasteiger partial charge in [0.05, 0.1) is 6.61 Å². The summed E-state index contributed by atoms with van der Waals surface area (Å²) in [4.78, 5) is 17.9. The number of hydrogen-bond acceptors (Lipinski definition) is 4. The highest BCUT2D eigenvalue weighted by atomic mass is 19.1. The molecule has 2 aliphatic heterocycles. The van der Waals surface area contributed by atoms with Crippen LogP contribution in [0.2, 0.25) is 0 Å². The Hall–Kier alpha value is -2.28. The molecule has 1 saturated heterocycles. The standard InChI is InChI=1S/C20H27F2N3O2/c1-16(6-3-2-4-10-21)27-15-17-7-5-12-25(13-9-17)14-18-20(26)23-11-8-19(22)24-18/h2-4,6,8,17H,1,5,7,9-15H2,(H,23,26)/b4-2-,6-3-. The van der Waals surface area contributed by atoms with Gasteiger partial charge in [0.25, 0.3) is 5.91 Å². The molecule has 0 aliphatic carbocycles. The van der Waals surface area contributed by atoms with Crippen LogP contribution >= 0.6 is 0 Å². The fraction of sp³-hybridized carbons (Fsp3) is 0.500. The number of carbonyl (C=O) groups excluding carboxylic acids is 1. The fourth-order valence-corrected chi connectivity index (χ4v) is 2.99. The highest BCUT2D eigenvalue weighted by molar-refractivity contribution is 6.40. The molecule has 27 heavy (non-hydrogen) atoms. The number of alkyl halides is 1. The van der Waals surface area contributed by atoms with Gasteiger partial charge in [-0.15, -0.1) is 0 Å². The number of ether oxygens (including phenoxy) is 1. The first-order chi connectivity index (χ1) is 13.1. The molecule has 0 saturated carbocycles. The van der Waals surface area contributed by atoms with Crippen LogP contribution in [0.15, 0.2) is 53.7 Å². The van der Waals surface area contributed by atoms with Crippen molar-refractivity contribution < 1.29 is 18.3 Å². The molecule has 5 nitrogen and oxygen atoms in total. The molecule has 0 bridgehead atoms. The summed E-state index contributed by atoms with van der Waals surface area (Å²) >= 11 is 0. The molecular formula is C20H27F2N3O2. The molecule has 2 rings (SSSR count). The zero-order chi connectivity index (χ0) is 19.5. The molecule has 148 valence electrons. The number of allylic oxidation sites excluding steroid dienone is 4. The van der Waals surface area contributed by atoms with Crippen LogP contribution in [0, 0.1) is 5.92 Å². The van der Waals surface area contributed by atoms with Crippen molar-refractivity contribution in [1.29, 1.82) is 0 Å². The Kier molecular flexibility index (Phi) is 8.91. The normalized spacial score (nSPS) is 22.1. The first-order valence-electron chi connectivity index (χ1n) is 9.23. The van der Waals surface area contributed by atoms with Gasteiger partial charge >= 0.3 is 0 Å². The van der Waals surface area contributed by atoms with Crippen molar-refractivity contribution in [2.45, 2.75) is 19.3 Å². The van der Waals surface area contributed by atoms with E-state index in [0.717, 1.165) is 32.4 Å². The lowest BCUT2D eigenvalue weighted by atomic mass is 10.0. The summed E-state index contributed by atoms with van der Waals surface area (Å²) in [7, 11) is 0. The highest BCUT2D eigenvalue weighted by Gasteiger charge is 2.22. The summed E-state index contributed by atoms with van der Waals surface area (Å²) in [5, 5.41) is 2.62. The monoisotopic (exact) mass is 379 g/mol. The maximum Gasteiger partial charge on any atom is 0.267 e. The molecule has 2 heterocycles. The summed E-state index contributed by atoms with van der Waals surface area (Å²) in [6.45, 7) is 6.05. The van der Waals surface area contributed by atoms with Crippen LogP contribution in [0.5, 0.6) is 0 Å². The minimum atomic E-state index is -0.614. The van der Waals surface area contributed by atoms with Gasteiger partial charge in [-0.05, 0) is 50.4 Å². The minimum absolute atomic E-state index is 0.166. The summed E-state index contributed by atoms with van der Waals surface area (Å²) in [6, 6.07) is 0. The lowest BCUT2D eigenvalue weighted by Gasteiger charge is -2.20. The third-order valence-corrected chi connectivity index (χ3v) is 4.47. The van der Waals surface area contributed by atoms with Gasteiger partial charge in [-0.2, -0.15) is 4.39 Å². The van der Waals surface area contributed by atoms with Gasteiger partial charge in [0, 0.05) is 13.1 Å². The van der Waals surface area contributed by atoms with Gasteiger partial charge in [0.15, 0.2) is 0 Å². The second kappa shape index (κ2) is 11.4. The first kappa shape index (κ1) is 21.0. The molecule has 0 spiro atoms. The summed E-state index contributed by atoms with van der Waals surface area (Å²) in [6.07, 6.45) is 10.6. The Bertz CT molecular complexity index is 641. The molecule has 0 aromatic heterocycles. The molecule has 7 heteroatoms. The summed E-state index contributed by atoms with van der Waals surface area (Å²) in [5.74, 6) is 0.0136. The lowest BCUT2D eigenvalue weighted by Crippen LogP contribution is -2.39. The number of nitrogens with one attached hydrogen (secondary N) is 1. The lowest BCUT2D eigenvalue weighted by molar-refractivity contribution is -0.114. The van der Waals surface area contributed by atoms with E-state index >= 15 is 0 Å². The number of likely N-dealkylation sites (tertiary alicyclic amines) is 1. The SMILES string of the molecule is C=C(/C=C\C=C/CF)OCC1CCCN(CC2=NC(F)=CCNC2=O)CC1. The number of nitrogens with zero attached hydrogens (tertiary/aromatic N) is 2. The second-order valence-corrected chi connectivity index (χ2v) is 6.59. The Morgan fingerprint density at radius 1 is 1.41 bits per heavy atom. The van der Waals surface area contributed by atoms with Crippen molar-refractivity contribution >= 4 is 11.6 Å². The predicted molar refractivity (Wildman–Crippen MR) is 103 cm³/mol. The Labute approximate surface area is 159 Å². The number of amides is 1. The maximum atomic E-state index is 13.5. The van der Waals surface area contributed by atoms with Crippen molar-refractivity contribution in [2.75, 3.05) is 39.5 Å². The van der Waals surface area contributed by atoms with E-state index in [9.17, 15) is 13.6 Å². The van der Waals surface area contributed by atoms with Crippen LogP contribution < -0.4 is 5.32 Å². The molecule has 2 aliphatic rings. The Morgan fingerprint density at radius 3 is 3.07 bits per heavy atom. The van der Waals surface area contributed by atoms with Gasteiger partial charge in [0.2, 0.25) is 5.95 Å². The van der Waals surface area contributed by atoms with Crippen LogP contribution in [0.4, 0.5) is 8.78 Å². The zero-order valence-electron chi connectivity index (χ0n) is 15.5. The van der Waals surface area contributed by atoms with E-state index in [4.69, 9.17) is 4.74 Å². The molecule has 0 radical (unpaired) electrons. The largest absolute Gasteiger partial charge is 0.494 e. The molecule has 1 N–H and O–H groups in total. The van der Waals surface area contributed by atoms with Crippen molar-refractivity contribution in [3.63, 3.8) is 0 Å². The molecule has 0 aromatic rings. The quantitative estimate of drug-likeness (QED) is 0.401. The molecular weight excluding hydrogens is 352 g/mol. The number of aliphatic imine (C=N–C) groups is 1. The molecule has 0 aromatic carbocycles. The average Bonchev–Trinajstić information content (AvgIpc) is 2.96. The van der Waals surface area contributed by atoms with E-state index < -0.39 is 12.6 Å². The highest BCUT2D eigenvalue weighted by Crippen LogP contribution is 2.19. The van der Waals surface area contributed by atoms with Crippen LogP contribution in [-0.2, 0) is 9.53 Å². The minimum Gasteiger partial charge on any atom is -0.494 e. The Balaban J connectivity index is 1.77. The van der Waals surface area contributed by atoms with Crippen LogP contribution in [0.3, 0.4) is 0 Å². The van der Waals surface area contributed by atoms with E-state index in [0.29, 0.717) is 24.8 Å². The molecule has 1 fully saturated rings. The number of rotatable bonds is 8. The second-order valence-electron chi connectivity index (χ2n) is 6.59. The van der Waals surface area contributed by atoms with Crippen molar-refractivity contribution in [1.82, 2.24) is 10.2 Å². The molecule has 1 atom stereocenters. The van der Waals surface area contributed by atoms with E-state index in [1.165, 1.54) is 12.2 Å². The van der Waals surface area contributed by atoms with Gasteiger partial charge in [-0.25, -0.2) is 9.38 Å². The number of hydrogen-bond donors (Lipinski definition) is 1. The van der Waals surface area contributed by atoms with E-state index in [1.807, 2.05) is 0 Å². The zero-order valence-corrected chi connectivity index (χ0v) is 15.5. The van der Waals surface area contributed by atoms with E-state index in [2.05, 4.69) is 21.8 Å². The average molecular weight is 379 g/mol. The van der Waals surface area contributed by atoms with E-state index in [-0.39, 0.29) is 18.2 Å². The van der Waals surface area contributed by atoms with Crippen LogP contribution in [0.25, 0.3) is 0 Å². The van der Waals surface area contributed by atoms with Gasteiger partial charge in [-0.1, -0.05) is 24.8 Å². The fourth-order valence-electron chi connectivity index (χ4n) is 2.99. The van der Waals surface area contributed by atoms with Crippen molar-refractivity contribution in [3.05, 3.63) is 48.7 Å². The van der Waals surface area contributed by atoms with E-state index in [1.54, 1.807) is 18.2 Å². The first-order valence-corrected chi connectivity index (χ1v) is 9.23. The number of halogens is 2.